The van der Waals surface area contributed by atoms with Crippen molar-refractivity contribution in [2.75, 3.05) is 6.54 Å². The minimum absolute atomic E-state index is 0.0961. The Labute approximate surface area is 114 Å². The molecule has 1 fully saturated rings. The summed E-state index contributed by atoms with van der Waals surface area (Å²) in [6, 6.07) is 6.25. The van der Waals surface area contributed by atoms with Crippen molar-refractivity contribution in [3.05, 3.63) is 29.8 Å². The Morgan fingerprint density at radius 3 is 2.58 bits per heavy atom. The smallest absolute Gasteiger partial charge is 0.237 e. The summed E-state index contributed by atoms with van der Waals surface area (Å²) < 4.78 is 0. The normalized spacial score (nSPS) is 18.4. The molecule has 0 saturated heterocycles. The van der Waals surface area contributed by atoms with Crippen molar-refractivity contribution in [2.45, 2.75) is 38.6 Å². The van der Waals surface area contributed by atoms with Gasteiger partial charge in [0.15, 0.2) is 0 Å². The maximum Gasteiger partial charge on any atom is 0.237 e. The highest BCUT2D eigenvalue weighted by atomic mass is 16.3. The second-order valence-corrected chi connectivity index (χ2v) is 5.86. The van der Waals surface area contributed by atoms with Crippen molar-refractivity contribution >= 4 is 5.91 Å². The maximum atomic E-state index is 11.9. The van der Waals surface area contributed by atoms with E-state index in [9.17, 15) is 9.90 Å². The molecule has 0 aromatic heterocycles. The standard InChI is InChI=1S/C15H22N2O2/c1-15(7-2-8-15)10-17-14(19)13(16)9-11-3-5-12(18)6-4-11/h3-6,13,18H,2,7-10,16H2,1H3,(H,17,19)/t13-/m0/s1. The Bertz CT molecular complexity index is 438. The van der Waals surface area contributed by atoms with Gasteiger partial charge in [0, 0.05) is 6.54 Å². The van der Waals surface area contributed by atoms with E-state index >= 15 is 0 Å². The van der Waals surface area contributed by atoms with Crippen molar-refractivity contribution < 1.29 is 9.90 Å². The molecule has 0 heterocycles. The number of aromatic hydroxyl groups is 1. The molecule has 0 aliphatic heterocycles. The Morgan fingerprint density at radius 2 is 2.05 bits per heavy atom. The fraction of sp³-hybridized carbons (Fsp3) is 0.533. The van der Waals surface area contributed by atoms with Crippen LogP contribution in [0.15, 0.2) is 24.3 Å². The van der Waals surface area contributed by atoms with Crippen LogP contribution in [-0.2, 0) is 11.2 Å². The molecule has 1 saturated carbocycles. The number of rotatable bonds is 5. The van der Waals surface area contributed by atoms with E-state index < -0.39 is 6.04 Å². The van der Waals surface area contributed by atoms with Crippen molar-refractivity contribution in [3.8, 4) is 5.75 Å². The lowest BCUT2D eigenvalue weighted by atomic mass is 9.70. The second-order valence-electron chi connectivity index (χ2n) is 5.86. The number of nitrogens with one attached hydrogen (secondary N) is 1. The zero-order valence-electron chi connectivity index (χ0n) is 11.4. The molecule has 1 aliphatic rings. The fourth-order valence-corrected chi connectivity index (χ4v) is 2.37. The van der Waals surface area contributed by atoms with Gasteiger partial charge < -0.3 is 16.2 Å². The lowest BCUT2D eigenvalue weighted by molar-refractivity contribution is -0.123. The van der Waals surface area contributed by atoms with E-state index in [2.05, 4.69) is 12.2 Å². The van der Waals surface area contributed by atoms with Gasteiger partial charge in [-0.25, -0.2) is 0 Å². The van der Waals surface area contributed by atoms with Gasteiger partial charge in [0.1, 0.15) is 5.75 Å². The first-order valence-corrected chi connectivity index (χ1v) is 6.80. The van der Waals surface area contributed by atoms with Crippen LogP contribution >= 0.6 is 0 Å². The predicted octanol–water partition coefficient (Wildman–Crippen LogP) is 1.57. The van der Waals surface area contributed by atoms with E-state index in [1.54, 1.807) is 24.3 Å². The van der Waals surface area contributed by atoms with Gasteiger partial charge in [-0.15, -0.1) is 0 Å². The number of amides is 1. The first-order chi connectivity index (χ1) is 8.98. The summed E-state index contributed by atoms with van der Waals surface area (Å²) in [5, 5.41) is 12.1. The van der Waals surface area contributed by atoms with E-state index in [0.717, 1.165) is 12.1 Å². The van der Waals surface area contributed by atoms with Crippen LogP contribution in [0, 0.1) is 5.41 Å². The van der Waals surface area contributed by atoms with E-state index in [1.165, 1.54) is 19.3 Å². The summed E-state index contributed by atoms with van der Waals surface area (Å²) in [6.45, 7) is 2.91. The number of hydrogen-bond acceptors (Lipinski definition) is 3. The van der Waals surface area contributed by atoms with Crippen molar-refractivity contribution in [2.24, 2.45) is 11.1 Å². The Balaban J connectivity index is 1.80. The molecule has 19 heavy (non-hydrogen) atoms. The number of hydrogen-bond donors (Lipinski definition) is 3. The minimum atomic E-state index is -0.534. The van der Waals surface area contributed by atoms with Gasteiger partial charge in [-0.2, -0.15) is 0 Å². The minimum Gasteiger partial charge on any atom is -0.508 e. The highest BCUT2D eigenvalue weighted by Gasteiger charge is 2.32. The summed E-state index contributed by atoms with van der Waals surface area (Å²) in [5.74, 6) is 0.126. The zero-order chi connectivity index (χ0) is 13.9. The molecule has 0 spiro atoms. The van der Waals surface area contributed by atoms with E-state index in [4.69, 9.17) is 5.73 Å². The molecule has 4 nitrogen and oxygen atoms in total. The van der Waals surface area contributed by atoms with Gasteiger partial charge in [0.2, 0.25) is 5.91 Å². The number of carbonyl (C=O) groups is 1. The molecular weight excluding hydrogens is 240 g/mol. The largest absolute Gasteiger partial charge is 0.508 e. The predicted molar refractivity (Wildman–Crippen MR) is 74.8 cm³/mol. The summed E-state index contributed by atoms with van der Waals surface area (Å²) in [5.41, 5.74) is 7.13. The molecule has 4 heteroatoms. The SMILES string of the molecule is CC1(CNC(=O)[C@@H](N)Cc2ccc(O)cc2)CCC1. The average molecular weight is 262 g/mol. The van der Waals surface area contributed by atoms with Crippen LogP contribution in [-0.4, -0.2) is 23.6 Å². The highest BCUT2D eigenvalue weighted by molar-refractivity contribution is 5.81. The van der Waals surface area contributed by atoms with Crippen LogP contribution < -0.4 is 11.1 Å². The van der Waals surface area contributed by atoms with Crippen LogP contribution in [0.3, 0.4) is 0 Å². The van der Waals surface area contributed by atoms with Crippen LogP contribution in [0.2, 0.25) is 0 Å². The lowest BCUT2D eigenvalue weighted by Gasteiger charge is -2.38. The molecule has 0 radical (unpaired) electrons. The second kappa shape index (κ2) is 5.61. The molecule has 0 unspecified atom stereocenters. The molecule has 0 bridgehead atoms. The zero-order valence-corrected chi connectivity index (χ0v) is 11.4. The molecule has 2 rings (SSSR count). The summed E-state index contributed by atoms with van der Waals surface area (Å²) >= 11 is 0. The number of benzene rings is 1. The molecule has 1 aliphatic carbocycles. The molecule has 1 atom stereocenters. The number of phenolic OH excluding ortho intramolecular Hbond substituents is 1. The summed E-state index contributed by atoms with van der Waals surface area (Å²) in [6.07, 6.45) is 4.11. The first-order valence-electron chi connectivity index (χ1n) is 6.80. The van der Waals surface area contributed by atoms with Crippen LogP contribution in [0.1, 0.15) is 31.7 Å². The van der Waals surface area contributed by atoms with Gasteiger partial charge >= 0.3 is 0 Å². The molecule has 4 N–H and O–H groups in total. The Morgan fingerprint density at radius 1 is 1.42 bits per heavy atom. The lowest BCUT2D eigenvalue weighted by Crippen LogP contribution is -2.47. The monoisotopic (exact) mass is 262 g/mol. The van der Waals surface area contributed by atoms with E-state index in [1.807, 2.05) is 0 Å². The van der Waals surface area contributed by atoms with Gasteiger partial charge in [-0.1, -0.05) is 25.5 Å². The number of carbonyl (C=O) groups excluding carboxylic acids is 1. The molecule has 104 valence electrons. The highest BCUT2D eigenvalue weighted by Crippen LogP contribution is 2.39. The average Bonchev–Trinajstić information content (AvgIpc) is 2.36. The Hall–Kier alpha value is -1.55. The topological polar surface area (TPSA) is 75.4 Å². The molecular formula is C15H22N2O2. The number of phenols is 1. The van der Waals surface area contributed by atoms with Crippen LogP contribution in [0.5, 0.6) is 5.75 Å². The van der Waals surface area contributed by atoms with Crippen molar-refractivity contribution in [1.82, 2.24) is 5.32 Å². The van der Waals surface area contributed by atoms with Gasteiger partial charge in [0.05, 0.1) is 6.04 Å². The maximum absolute atomic E-state index is 11.9. The summed E-state index contributed by atoms with van der Waals surface area (Å²) in [7, 11) is 0. The molecule has 1 amide bonds. The number of nitrogens with two attached hydrogens (primary N) is 1. The van der Waals surface area contributed by atoms with Crippen molar-refractivity contribution in [3.63, 3.8) is 0 Å². The van der Waals surface area contributed by atoms with E-state index in [-0.39, 0.29) is 17.1 Å². The van der Waals surface area contributed by atoms with Crippen LogP contribution in [0.25, 0.3) is 0 Å². The van der Waals surface area contributed by atoms with Crippen molar-refractivity contribution in [1.29, 1.82) is 0 Å². The molecule has 1 aromatic carbocycles. The molecule has 1 aromatic rings. The van der Waals surface area contributed by atoms with Gasteiger partial charge in [0.25, 0.3) is 0 Å². The van der Waals surface area contributed by atoms with Gasteiger partial charge in [-0.05, 0) is 42.4 Å². The third kappa shape index (κ3) is 3.70. The van der Waals surface area contributed by atoms with Gasteiger partial charge in [-0.3, -0.25) is 4.79 Å². The Kier molecular flexibility index (Phi) is 4.10. The third-order valence-electron chi connectivity index (χ3n) is 3.98. The van der Waals surface area contributed by atoms with E-state index in [0.29, 0.717) is 6.42 Å². The first kappa shape index (κ1) is 13.9. The summed E-state index contributed by atoms with van der Waals surface area (Å²) in [4.78, 5) is 11.9. The fourth-order valence-electron chi connectivity index (χ4n) is 2.37. The third-order valence-corrected chi connectivity index (χ3v) is 3.98. The van der Waals surface area contributed by atoms with Crippen LogP contribution in [0.4, 0.5) is 0 Å². The quantitative estimate of drug-likeness (QED) is 0.754.